The van der Waals surface area contributed by atoms with Gasteiger partial charge >= 0.3 is 0 Å². The van der Waals surface area contributed by atoms with Crippen molar-refractivity contribution in [2.75, 3.05) is 27.8 Å². The summed E-state index contributed by atoms with van der Waals surface area (Å²) < 4.78 is 17.2. The molecule has 2 aromatic rings. The highest BCUT2D eigenvalue weighted by molar-refractivity contribution is 6.05. The zero-order valence-corrected chi connectivity index (χ0v) is 18.2. The van der Waals surface area contributed by atoms with Crippen LogP contribution in [-0.2, 0) is 28.0 Å². The molecule has 2 bridgehead atoms. The van der Waals surface area contributed by atoms with E-state index in [2.05, 4.69) is 30.2 Å². The van der Waals surface area contributed by atoms with Crippen molar-refractivity contribution in [2.24, 2.45) is 0 Å². The molecule has 0 N–H and O–H groups in total. The van der Waals surface area contributed by atoms with E-state index >= 15 is 0 Å². The van der Waals surface area contributed by atoms with Gasteiger partial charge in [0, 0.05) is 11.5 Å². The van der Waals surface area contributed by atoms with Gasteiger partial charge in [-0.15, -0.1) is 0 Å². The molecule has 1 fully saturated rings. The predicted molar refractivity (Wildman–Crippen MR) is 118 cm³/mol. The highest BCUT2D eigenvalue weighted by Gasteiger charge is 2.50. The molecule has 0 spiro atoms. The quantitative estimate of drug-likeness (QED) is 0.740. The van der Waals surface area contributed by atoms with Crippen LogP contribution in [0.15, 0.2) is 65.9 Å². The van der Waals surface area contributed by atoms with Gasteiger partial charge in [-0.2, -0.15) is 0 Å². The van der Waals surface area contributed by atoms with Gasteiger partial charge < -0.3 is 14.2 Å². The number of hydrogen-bond donors (Lipinski definition) is 0. The first-order valence-corrected chi connectivity index (χ1v) is 10.7. The van der Waals surface area contributed by atoms with Crippen LogP contribution in [0.1, 0.15) is 23.1 Å². The topological polar surface area (TPSA) is 48.0 Å². The average Bonchev–Trinajstić information content (AvgIpc) is 2.80. The summed E-state index contributed by atoms with van der Waals surface area (Å²) in [7, 11) is 5.46. The summed E-state index contributed by atoms with van der Waals surface area (Å²) >= 11 is 0. The van der Waals surface area contributed by atoms with Crippen molar-refractivity contribution < 1.29 is 19.0 Å². The fourth-order valence-corrected chi connectivity index (χ4v) is 5.27. The van der Waals surface area contributed by atoms with Crippen LogP contribution in [0, 0.1) is 0 Å². The van der Waals surface area contributed by atoms with Crippen molar-refractivity contribution in [3.05, 3.63) is 82.6 Å². The maximum absolute atomic E-state index is 13.0. The molecule has 2 aromatic carbocycles. The highest BCUT2D eigenvalue weighted by atomic mass is 16.5. The van der Waals surface area contributed by atoms with E-state index in [4.69, 9.17) is 14.2 Å². The van der Waals surface area contributed by atoms with Gasteiger partial charge in [-0.25, -0.2) is 0 Å². The van der Waals surface area contributed by atoms with Crippen molar-refractivity contribution in [3.63, 3.8) is 0 Å². The third kappa shape index (κ3) is 3.15. The van der Waals surface area contributed by atoms with Crippen LogP contribution in [0.2, 0.25) is 0 Å². The summed E-state index contributed by atoms with van der Waals surface area (Å²) in [6.45, 7) is 1.33. The maximum Gasteiger partial charge on any atom is 0.220 e. The van der Waals surface area contributed by atoms with E-state index in [-0.39, 0.29) is 17.2 Å². The Labute approximate surface area is 182 Å². The van der Waals surface area contributed by atoms with E-state index in [0.29, 0.717) is 18.1 Å². The zero-order valence-electron chi connectivity index (χ0n) is 18.2. The van der Waals surface area contributed by atoms with Gasteiger partial charge in [-0.05, 0) is 73.0 Å². The van der Waals surface area contributed by atoms with E-state index in [9.17, 15) is 4.79 Å². The number of methoxy groups -OCH3 is 2. The van der Waals surface area contributed by atoms with Crippen LogP contribution in [0.3, 0.4) is 0 Å². The summed E-state index contributed by atoms with van der Waals surface area (Å²) in [6, 6.07) is 14.3. The number of nitrogens with zero attached hydrogens (tertiary/aromatic N) is 1. The van der Waals surface area contributed by atoms with Crippen molar-refractivity contribution in [3.8, 4) is 11.5 Å². The fourth-order valence-electron chi connectivity index (χ4n) is 5.27. The van der Waals surface area contributed by atoms with Crippen molar-refractivity contribution >= 4 is 5.78 Å². The van der Waals surface area contributed by atoms with E-state index in [1.54, 1.807) is 14.2 Å². The second kappa shape index (κ2) is 7.57. The van der Waals surface area contributed by atoms with E-state index in [1.165, 1.54) is 11.1 Å². The minimum atomic E-state index is -0.357. The molecule has 1 saturated heterocycles. The van der Waals surface area contributed by atoms with Crippen molar-refractivity contribution in [1.29, 1.82) is 0 Å². The average molecular weight is 418 g/mol. The maximum atomic E-state index is 13.0. The normalized spacial score (nSPS) is 24.5. The van der Waals surface area contributed by atoms with Crippen LogP contribution < -0.4 is 9.47 Å². The first kappa shape index (κ1) is 19.9. The number of benzene rings is 2. The summed E-state index contributed by atoms with van der Waals surface area (Å²) in [5.41, 5.74) is 4.27. The number of ketones is 1. The molecular weight excluding hydrogens is 390 g/mol. The fraction of sp³-hybridized carbons (Fsp3) is 0.346. The predicted octanol–water partition coefficient (Wildman–Crippen LogP) is 3.81. The van der Waals surface area contributed by atoms with Crippen LogP contribution >= 0.6 is 0 Å². The summed E-state index contributed by atoms with van der Waals surface area (Å²) in [6.07, 6.45) is 5.62. The van der Waals surface area contributed by atoms with E-state index in [0.717, 1.165) is 36.3 Å². The minimum Gasteiger partial charge on any atom is -0.493 e. The second-order valence-corrected chi connectivity index (χ2v) is 8.53. The smallest absolute Gasteiger partial charge is 0.220 e. The highest BCUT2D eigenvalue weighted by Crippen LogP contribution is 2.53. The molecule has 1 heterocycles. The first-order chi connectivity index (χ1) is 15.1. The summed E-state index contributed by atoms with van der Waals surface area (Å²) in [5.74, 6) is 1.83. The summed E-state index contributed by atoms with van der Waals surface area (Å²) in [5, 5.41) is 0. The molecule has 2 atom stereocenters. The van der Waals surface area contributed by atoms with Gasteiger partial charge in [-0.1, -0.05) is 30.3 Å². The van der Waals surface area contributed by atoms with Gasteiger partial charge in [-0.3, -0.25) is 9.69 Å². The Morgan fingerprint density at radius 2 is 1.84 bits per heavy atom. The number of allylic oxidation sites excluding steroid dienone is 2. The zero-order chi connectivity index (χ0) is 21.6. The molecule has 0 radical (unpaired) electrons. The van der Waals surface area contributed by atoms with Crippen LogP contribution in [0.4, 0.5) is 0 Å². The van der Waals surface area contributed by atoms with Gasteiger partial charge in [0.15, 0.2) is 17.3 Å². The monoisotopic (exact) mass is 417 g/mol. The number of fused-ring (bicyclic) bond motifs is 1. The Balaban J connectivity index is 1.61. The molecule has 5 nitrogen and oxygen atoms in total. The largest absolute Gasteiger partial charge is 0.493 e. The van der Waals surface area contributed by atoms with Crippen LogP contribution in [0.25, 0.3) is 0 Å². The lowest BCUT2D eigenvalue weighted by Gasteiger charge is -2.52. The third-order valence-electron chi connectivity index (χ3n) is 6.91. The van der Waals surface area contributed by atoms with Gasteiger partial charge in [0.2, 0.25) is 5.78 Å². The number of rotatable bonds is 5. The van der Waals surface area contributed by atoms with Crippen LogP contribution in [-0.4, -0.2) is 44.5 Å². The molecule has 0 saturated carbocycles. The van der Waals surface area contributed by atoms with E-state index in [1.807, 2.05) is 36.4 Å². The lowest BCUT2D eigenvalue weighted by atomic mass is 9.59. The number of hydrogen-bond acceptors (Lipinski definition) is 5. The number of carbonyl (C=O) groups is 1. The van der Waals surface area contributed by atoms with Gasteiger partial charge in [0.1, 0.15) is 6.61 Å². The molecule has 0 aromatic heterocycles. The number of piperidine rings is 1. The Morgan fingerprint density at radius 3 is 2.58 bits per heavy atom. The molecule has 0 unspecified atom stereocenters. The number of carbonyl (C=O) groups excluding carboxylic acids is 1. The minimum absolute atomic E-state index is 0.0502. The lowest BCUT2D eigenvalue weighted by molar-refractivity contribution is -0.115. The number of ether oxygens (including phenoxy) is 3. The molecule has 31 heavy (non-hydrogen) atoms. The second-order valence-electron chi connectivity index (χ2n) is 8.53. The molecule has 5 heteroatoms. The Hall–Kier alpha value is -3.05. The number of likely N-dealkylation sites (tertiary alicyclic amines) is 1. The molecule has 5 rings (SSSR count). The van der Waals surface area contributed by atoms with Crippen molar-refractivity contribution in [2.45, 2.75) is 30.9 Å². The Morgan fingerprint density at radius 1 is 1.10 bits per heavy atom. The lowest BCUT2D eigenvalue weighted by Crippen LogP contribution is -2.54. The number of likely N-dealkylation sites (N-methyl/N-ethyl adjacent to an activating group) is 1. The molecule has 1 aliphatic heterocycles. The molecule has 0 amide bonds. The SMILES string of the molecule is COc1cc2c(cc1OC)[C@@]13C=C(OCc4ccccc4)C(=O)C=C1[C@@H](C2)N(C)CC3. The van der Waals surface area contributed by atoms with Gasteiger partial charge in [0.05, 0.1) is 14.2 Å². The van der Waals surface area contributed by atoms with Gasteiger partial charge in [0.25, 0.3) is 0 Å². The molecule has 3 aliphatic rings. The standard InChI is InChI=1S/C26H27NO4/c1-27-10-9-26-15-25(31-16-17-7-5-4-6-8-17)22(28)13-20(26)21(27)11-18-12-23(29-2)24(30-3)14-19(18)26/h4-8,12-15,21H,9-11,16H2,1-3H3/t21-,26-/m1/s1. The Kier molecular flexibility index (Phi) is 4.86. The Bertz CT molecular complexity index is 1090. The first-order valence-electron chi connectivity index (χ1n) is 10.7. The van der Waals surface area contributed by atoms with Crippen molar-refractivity contribution in [1.82, 2.24) is 4.90 Å². The van der Waals surface area contributed by atoms with Crippen LogP contribution in [0.5, 0.6) is 11.5 Å². The summed E-state index contributed by atoms with van der Waals surface area (Å²) in [4.78, 5) is 15.4. The van der Waals surface area contributed by atoms with E-state index < -0.39 is 0 Å². The third-order valence-corrected chi connectivity index (χ3v) is 6.91. The molecule has 160 valence electrons. The molecular formula is C26H27NO4. The molecule has 2 aliphatic carbocycles.